The molecule has 8 heteroatoms. The van der Waals surface area contributed by atoms with E-state index in [0.29, 0.717) is 19.7 Å². The molecule has 0 saturated carbocycles. The SMILES string of the molecule is COCCCNC(=O)N1Cc2c(C)nn(-c3ccccc3)c2-n2cccc2[C@@H]1c1cccc(OC)c1. The topological polar surface area (TPSA) is 73.5 Å². The summed E-state index contributed by atoms with van der Waals surface area (Å²) in [6.45, 7) is 3.54. The molecule has 2 aromatic heterocycles. The normalized spacial score (nSPS) is 14.6. The number of rotatable bonds is 7. The van der Waals surface area contributed by atoms with Crippen molar-refractivity contribution in [2.75, 3.05) is 27.4 Å². The first kappa shape index (κ1) is 23.7. The number of urea groups is 1. The van der Waals surface area contributed by atoms with Gasteiger partial charge < -0.3 is 24.3 Å². The summed E-state index contributed by atoms with van der Waals surface area (Å²) >= 11 is 0. The Bertz CT molecular complexity index is 1340. The van der Waals surface area contributed by atoms with Crippen LogP contribution >= 0.6 is 0 Å². The number of nitrogens with one attached hydrogen (secondary N) is 1. The van der Waals surface area contributed by atoms with Crippen LogP contribution in [0.4, 0.5) is 4.79 Å². The molecule has 1 aliphatic rings. The van der Waals surface area contributed by atoms with Gasteiger partial charge in [-0.05, 0) is 55.3 Å². The molecule has 0 fully saturated rings. The predicted molar refractivity (Wildman–Crippen MR) is 138 cm³/mol. The van der Waals surface area contributed by atoms with E-state index in [1.54, 1.807) is 14.2 Å². The van der Waals surface area contributed by atoms with Gasteiger partial charge in [0.05, 0.1) is 36.8 Å². The molecular formula is C28H31N5O3. The molecule has 3 heterocycles. The highest BCUT2D eigenvalue weighted by Crippen LogP contribution is 2.39. The minimum Gasteiger partial charge on any atom is -0.497 e. The predicted octanol–water partition coefficient (Wildman–Crippen LogP) is 4.63. The highest BCUT2D eigenvalue weighted by atomic mass is 16.5. The van der Waals surface area contributed by atoms with Crippen molar-refractivity contribution in [3.63, 3.8) is 0 Å². The summed E-state index contributed by atoms with van der Waals surface area (Å²) in [6.07, 6.45) is 2.79. The second kappa shape index (κ2) is 10.3. The fourth-order valence-corrected chi connectivity index (χ4v) is 4.83. The van der Waals surface area contributed by atoms with E-state index in [0.717, 1.165) is 46.2 Å². The van der Waals surface area contributed by atoms with E-state index in [2.05, 4.69) is 16.0 Å². The lowest BCUT2D eigenvalue weighted by atomic mass is 10.0. The van der Waals surface area contributed by atoms with Gasteiger partial charge in [0, 0.05) is 32.0 Å². The number of carbonyl (C=O) groups excluding carboxylic acids is 1. The van der Waals surface area contributed by atoms with E-state index < -0.39 is 0 Å². The second-order valence-electron chi connectivity index (χ2n) is 8.82. The Hall–Kier alpha value is -4.04. The third-order valence-corrected chi connectivity index (χ3v) is 6.56. The number of nitrogens with zero attached hydrogens (tertiary/aromatic N) is 4. The lowest BCUT2D eigenvalue weighted by molar-refractivity contribution is 0.174. The average Bonchev–Trinajstić information content (AvgIpc) is 3.47. The maximum absolute atomic E-state index is 13.7. The zero-order chi connectivity index (χ0) is 25.1. The number of hydrogen-bond donors (Lipinski definition) is 1. The van der Waals surface area contributed by atoms with Gasteiger partial charge in [-0.3, -0.25) is 0 Å². The maximum Gasteiger partial charge on any atom is 0.318 e. The van der Waals surface area contributed by atoms with Crippen LogP contribution in [-0.4, -0.2) is 52.6 Å². The molecule has 8 nitrogen and oxygen atoms in total. The summed E-state index contributed by atoms with van der Waals surface area (Å²) in [6, 6.07) is 21.6. The molecule has 0 unspecified atom stereocenters. The number of fused-ring (bicyclic) bond motifs is 3. The molecule has 2 aromatic carbocycles. The van der Waals surface area contributed by atoms with E-state index >= 15 is 0 Å². The second-order valence-corrected chi connectivity index (χ2v) is 8.82. The van der Waals surface area contributed by atoms with Crippen LogP contribution < -0.4 is 10.1 Å². The van der Waals surface area contributed by atoms with Gasteiger partial charge in [0.15, 0.2) is 0 Å². The van der Waals surface area contributed by atoms with Crippen molar-refractivity contribution in [2.45, 2.75) is 25.9 Å². The lowest BCUT2D eigenvalue weighted by Gasteiger charge is -2.31. The van der Waals surface area contributed by atoms with Crippen LogP contribution in [0.1, 0.15) is 35.0 Å². The summed E-state index contributed by atoms with van der Waals surface area (Å²) < 4.78 is 14.8. The van der Waals surface area contributed by atoms with Crippen LogP contribution in [0, 0.1) is 6.92 Å². The van der Waals surface area contributed by atoms with Crippen LogP contribution in [0.2, 0.25) is 0 Å². The summed E-state index contributed by atoms with van der Waals surface area (Å²) in [5.74, 6) is 1.70. The Morgan fingerprint density at radius 3 is 2.69 bits per heavy atom. The summed E-state index contributed by atoms with van der Waals surface area (Å²) in [5, 5.41) is 7.98. The fraction of sp³-hybridized carbons (Fsp3) is 0.286. The van der Waals surface area contributed by atoms with Crippen molar-refractivity contribution in [2.24, 2.45) is 0 Å². The minimum atomic E-state index is -0.325. The smallest absolute Gasteiger partial charge is 0.318 e. The Morgan fingerprint density at radius 2 is 1.92 bits per heavy atom. The van der Waals surface area contributed by atoms with Gasteiger partial charge in [-0.1, -0.05) is 30.3 Å². The molecule has 0 radical (unpaired) electrons. The van der Waals surface area contributed by atoms with Gasteiger partial charge in [0.1, 0.15) is 11.6 Å². The van der Waals surface area contributed by atoms with E-state index in [1.165, 1.54) is 0 Å². The van der Waals surface area contributed by atoms with Crippen LogP contribution in [0.3, 0.4) is 0 Å². The van der Waals surface area contributed by atoms with Crippen LogP contribution in [0.5, 0.6) is 5.75 Å². The number of methoxy groups -OCH3 is 2. The highest BCUT2D eigenvalue weighted by Gasteiger charge is 2.36. The van der Waals surface area contributed by atoms with Crippen molar-refractivity contribution in [3.8, 4) is 17.3 Å². The molecule has 2 amide bonds. The Balaban J connectivity index is 1.66. The summed E-state index contributed by atoms with van der Waals surface area (Å²) in [4.78, 5) is 15.6. The highest BCUT2D eigenvalue weighted by molar-refractivity contribution is 5.76. The fourth-order valence-electron chi connectivity index (χ4n) is 4.83. The van der Waals surface area contributed by atoms with Crippen LogP contribution in [-0.2, 0) is 11.3 Å². The molecule has 1 N–H and O–H groups in total. The Labute approximate surface area is 211 Å². The number of amides is 2. The first-order valence-electron chi connectivity index (χ1n) is 12.1. The van der Waals surface area contributed by atoms with E-state index in [-0.39, 0.29) is 12.1 Å². The average molecular weight is 486 g/mol. The third-order valence-electron chi connectivity index (χ3n) is 6.56. The maximum atomic E-state index is 13.7. The van der Waals surface area contributed by atoms with Gasteiger partial charge in [0.25, 0.3) is 0 Å². The number of para-hydroxylation sites is 1. The molecule has 0 saturated heterocycles. The van der Waals surface area contributed by atoms with Crippen molar-refractivity contribution < 1.29 is 14.3 Å². The van der Waals surface area contributed by atoms with Crippen LogP contribution in [0.25, 0.3) is 11.5 Å². The van der Waals surface area contributed by atoms with E-state index in [4.69, 9.17) is 14.6 Å². The molecule has 0 aliphatic carbocycles. The van der Waals surface area contributed by atoms with Crippen molar-refractivity contribution in [1.29, 1.82) is 0 Å². The third kappa shape index (κ3) is 4.35. The summed E-state index contributed by atoms with van der Waals surface area (Å²) in [5.41, 5.74) is 4.82. The molecular weight excluding hydrogens is 454 g/mol. The largest absolute Gasteiger partial charge is 0.497 e. The standard InChI is InChI=1S/C28H31N5O3/c1-20-24-19-32(28(34)29-15-9-17-35-2)26(21-10-7-13-23(18-21)36-3)25-14-8-16-31(25)27(24)33(30-20)22-11-5-4-6-12-22/h4-8,10-14,16,18,26H,9,15,17,19H2,1-3H3,(H,29,34)/t26-/m0/s1. The van der Waals surface area contributed by atoms with Crippen molar-refractivity contribution >= 4 is 6.03 Å². The molecule has 0 bridgehead atoms. The zero-order valence-corrected chi connectivity index (χ0v) is 20.8. The van der Waals surface area contributed by atoms with E-state index in [9.17, 15) is 4.79 Å². The van der Waals surface area contributed by atoms with Crippen molar-refractivity contribution in [3.05, 3.63) is 95.4 Å². The monoisotopic (exact) mass is 485 g/mol. The summed E-state index contributed by atoms with van der Waals surface area (Å²) in [7, 11) is 3.32. The number of aryl methyl sites for hydroxylation is 1. The van der Waals surface area contributed by atoms with Gasteiger partial charge in [-0.25, -0.2) is 9.48 Å². The molecule has 5 rings (SSSR count). The quantitative estimate of drug-likeness (QED) is 0.388. The molecule has 186 valence electrons. The first-order chi connectivity index (χ1) is 17.6. The molecule has 36 heavy (non-hydrogen) atoms. The van der Waals surface area contributed by atoms with Gasteiger partial charge in [-0.2, -0.15) is 5.10 Å². The lowest BCUT2D eigenvalue weighted by Crippen LogP contribution is -2.42. The molecule has 4 aromatic rings. The number of aromatic nitrogens is 3. The van der Waals surface area contributed by atoms with Crippen LogP contribution in [0.15, 0.2) is 72.9 Å². The number of hydrogen-bond acceptors (Lipinski definition) is 4. The number of benzene rings is 2. The Morgan fingerprint density at radius 1 is 1.08 bits per heavy atom. The van der Waals surface area contributed by atoms with Gasteiger partial charge in [-0.15, -0.1) is 0 Å². The molecule has 1 aliphatic heterocycles. The first-order valence-corrected chi connectivity index (χ1v) is 12.1. The molecule has 0 spiro atoms. The zero-order valence-electron chi connectivity index (χ0n) is 20.8. The van der Waals surface area contributed by atoms with Crippen molar-refractivity contribution in [1.82, 2.24) is 24.6 Å². The molecule has 1 atom stereocenters. The Kier molecular flexibility index (Phi) is 6.77. The van der Waals surface area contributed by atoms with E-state index in [1.807, 2.05) is 83.4 Å². The van der Waals surface area contributed by atoms with Gasteiger partial charge >= 0.3 is 6.03 Å². The minimum absolute atomic E-state index is 0.133. The number of carbonyl (C=O) groups is 1. The van der Waals surface area contributed by atoms with Gasteiger partial charge in [0.2, 0.25) is 0 Å². The number of ether oxygens (including phenoxy) is 2.